The third kappa shape index (κ3) is 3.64. The molecule has 0 aliphatic carbocycles. The van der Waals surface area contributed by atoms with Crippen molar-refractivity contribution in [1.29, 1.82) is 0 Å². The van der Waals surface area contributed by atoms with E-state index in [-0.39, 0.29) is 18.1 Å². The van der Waals surface area contributed by atoms with E-state index in [0.29, 0.717) is 19.8 Å². The first kappa shape index (κ1) is 15.1. The van der Waals surface area contributed by atoms with E-state index >= 15 is 0 Å². The lowest BCUT2D eigenvalue weighted by Gasteiger charge is -2.32. The lowest BCUT2D eigenvalue weighted by atomic mass is 9.85. The average Bonchev–Trinajstić information content (AvgIpc) is 2.42. The first-order chi connectivity index (χ1) is 9.52. The van der Waals surface area contributed by atoms with Crippen molar-refractivity contribution in [1.82, 2.24) is 5.32 Å². The minimum absolute atomic E-state index is 0.106. The second-order valence-corrected chi connectivity index (χ2v) is 6.25. The summed E-state index contributed by atoms with van der Waals surface area (Å²) in [6, 6.07) is 6.24. The van der Waals surface area contributed by atoms with Gasteiger partial charge in [0.2, 0.25) is 0 Å². The zero-order chi connectivity index (χ0) is 14.6. The van der Waals surface area contributed by atoms with Crippen molar-refractivity contribution in [3.05, 3.63) is 23.8 Å². The second kappa shape index (κ2) is 6.46. The van der Waals surface area contributed by atoms with E-state index in [9.17, 15) is 5.11 Å². The van der Waals surface area contributed by atoms with Gasteiger partial charge in [-0.15, -0.1) is 0 Å². The first-order valence-corrected chi connectivity index (χ1v) is 7.24. The molecule has 0 amide bonds. The van der Waals surface area contributed by atoms with Crippen molar-refractivity contribution in [2.24, 2.45) is 5.41 Å². The van der Waals surface area contributed by atoms with Crippen LogP contribution in [0.5, 0.6) is 11.5 Å². The molecule has 0 saturated heterocycles. The largest absolute Gasteiger partial charge is 0.486 e. The molecule has 0 saturated carbocycles. The SMILES string of the molecule is CC(C)(C)C(CCO)NCc1cccc2c1OCCO2. The fourth-order valence-corrected chi connectivity index (χ4v) is 2.48. The highest BCUT2D eigenvalue weighted by Crippen LogP contribution is 2.34. The van der Waals surface area contributed by atoms with Gasteiger partial charge in [-0.3, -0.25) is 0 Å². The van der Waals surface area contributed by atoms with Crippen molar-refractivity contribution in [3.63, 3.8) is 0 Å². The molecule has 2 N–H and O–H groups in total. The van der Waals surface area contributed by atoms with Gasteiger partial charge in [-0.2, -0.15) is 0 Å². The normalized spacial score (nSPS) is 16.0. The van der Waals surface area contributed by atoms with Crippen molar-refractivity contribution >= 4 is 0 Å². The third-order valence-electron chi connectivity index (χ3n) is 3.65. The van der Waals surface area contributed by atoms with Crippen molar-refractivity contribution in [2.45, 2.75) is 39.8 Å². The fraction of sp³-hybridized carbons (Fsp3) is 0.625. The molecule has 0 radical (unpaired) electrons. The summed E-state index contributed by atoms with van der Waals surface area (Å²) in [6.07, 6.45) is 0.746. The molecule has 0 fully saturated rings. The standard InChI is InChI=1S/C16H25NO3/c1-16(2,3)14(7-8-18)17-11-12-5-4-6-13-15(12)20-10-9-19-13/h4-6,14,17-18H,7-11H2,1-3H3. The quantitative estimate of drug-likeness (QED) is 0.868. The van der Waals surface area contributed by atoms with Gasteiger partial charge in [0.05, 0.1) is 0 Å². The summed E-state index contributed by atoms with van der Waals surface area (Å²) in [6.45, 7) is 8.67. The number of aliphatic hydroxyl groups excluding tert-OH is 1. The van der Waals surface area contributed by atoms with Crippen LogP contribution >= 0.6 is 0 Å². The number of para-hydroxylation sites is 1. The van der Waals surface area contributed by atoms with Crippen molar-refractivity contribution in [2.75, 3.05) is 19.8 Å². The van der Waals surface area contributed by atoms with E-state index in [2.05, 4.69) is 32.2 Å². The molecule has 0 spiro atoms. The topological polar surface area (TPSA) is 50.7 Å². The highest BCUT2D eigenvalue weighted by Gasteiger charge is 2.24. The lowest BCUT2D eigenvalue weighted by Crippen LogP contribution is -2.40. The summed E-state index contributed by atoms with van der Waals surface area (Å²) in [5, 5.41) is 12.7. The second-order valence-electron chi connectivity index (χ2n) is 6.25. The fourth-order valence-electron chi connectivity index (χ4n) is 2.48. The number of nitrogens with one attached hydrogen (secondary N) is 1. The molecule has 112 valence electrons. The molecule has 0 bridgehead atoms. The average molecular weight is 279 g/mol. The number of rotatable bonds is 5. The van der Waals surface area contributed by atoms with Crippen LogP contribution in [0.2, 0.25) is 0 Å². The van der Waals surface area contributed by atoms with Gasteiger partial charge in [-0.25, -0.2) is 0 Å². The molecule has 2 rings (SSSR count). The summed E-state index contributed by atoms with van der Waals surface area (Å²) in [5.41, 5.74) is 1.21. The van der Waals surface area contributed by atoms with Crippen LogP contribution in [-0.4, -0.2) is 31.0 Å². The summed E-state index contributed by atoms with van der Waals surface area (Å²) in [5.74, 6) is 1.67. The molecule has 0 aromatic heterocycles. The Morgan fingerprint density at radius 1 is 1.25 bits per heavy atom. The number of hydrogen-bond acceptors (Lipinski definition) is 4. The predicted octanol–water partition coefficient (Wildman–Crippen LogP) is 2.34. The van der Waals surface area contributed by atoms with E-state index < -0.39 is 0 Å². The highest BCUT2D eigenvalue weighted by molar-refractivity contribution is 5.47. The van der Waals surface area contributed by atoms with Crippen LogP contribution in [0.3, 0.4) is 0 Å². The predicted molar refractivity (Wildman–Crippen MR) is 79.2 cm³/mol. The van der Waals surface area contributed by atoms with Crippen LogP contribution < -0.4 is 14.8 Å². The van der Waals surface area contributed by atoms with Crippen LogP contribution in [0.25, 0.3) is 0 Å². The van der Waals surface area contributed by atoms with Gasteiger partial charge < -0.3 is 19.9 Å². The van der Waals surface area contributed by atoms with E-state index in [0.717, 1.165) is 23.5 Å². The van der Waals surface area contributed by atoms with E-state index in [1.807, 2.05) is 12.1 Å². The molecule has 4 heteroatoms. The molecule has 1 unspecified atom stereocenters. The molecule has 4 nitrogen and oxygen atoms in total. The van der Waals surface area contributed by atoms with Crippen molar-refractivity contribution in [3.8, 4) is 11.5 Å². The Hall–Kier alpha value is -1.26. The molecule has 1 atom stereocenters. The number of aliphatic hydroxyl groups is 1. The highest BCUT2D eigenvalue weighted by atomic mass is 16.6. The molecule has 1 aromatic rings. The molecule has 20 heavy (non-hydrogen) atoms. The van der Waals surface area contributed by atoms with Gasteiger partial charge in [0.1, 0.15) is 13.2 Å². The van der Waals surface area contributed by atoms with Gasteiger partial charge in [0.15, 0.2) is 11.5 Å². The van der Waals surface area contributed by atoms with Gasteiger partial charge in [0.25, 0.3) is 0 Å². The third-order valence-corrected chi connectivity index (χ3v) is 3.65. The summed E-state index contributed by atoms with van der Waals surface area (Å²) < 4.78 is 11.3. The zero-order valence-electron chi connectivity index (χ0n) is 12.6. The van der Waals surface area contributed by atoms with Gasteiger partial charge in [-0.05, 0) is 17.9 Å². The number of hydrogen-bond donors (Lipinski definition) is 2. The maximum atomic E-state index is 9.20. The zero-order valence-corrected chi connectivity index (χ0v) is 12.6. The van der Waals surface area contributed by atoms with Crippen LogP contribution in [-0.2, 0) is 6.54 Å². The van der Waals surface area contributed by atoms with Crippen LogP contribution in [0.4, 0.5) is 0 Å². The molecule has 1 heterocycles. The Morgan fingerprint density at radius 3 is 2.70 bits per heavy atom. The number of benzene rings is 1. The monoisotopic (exact) mass is 279 g/mol. The summed E-state index contributed by atoms with van der Waals surface area (Å²) in [7, 11) is 0. The molecular formula is C16H25NO3. The Kier molecular flexibility index (Phi) is 4.89. The Bertz CT molecular complexity index is 440. The maximum Gasteiger partial charge on any atom is 0.165 e. The Balaban J connectivity index is 2.06. The number of ether oxygens (including phenoxy) is 2. The van der Waals surface area contributed by atoms with E-state index in [1.54, 1.807) is 0 Å². The molecular weight excluding hydrogens is 254 g/mol. The van der Waals surface area contributed by atoms with Gasteiger partial charge in [-0.1, -0.05) is 32.9 Å². The smallest absolute Gasteiger partial charge is 0.165 e. The molecule has 1 aromatic carbocycles. The maximum absolute atomic E-state index is 9.20. The summed E-state index contributed by atoms with van der Waals surface area (Å²) >= 11 is 0. The van der Waals surface area contributed by atoms with Crippen LogP contribution in [0.1, 0.15) is 32.8 Å². The van der Waals surface area contributed by atoms with Gasteiger partial charge >= 0.3 is 0 Å². The molecule has 1 aliphatic heterocycles. The van der Waals surface area contributed by atoms with Crippen LogP contribution in [0.15, 0.2) is 18.2 Å². The van der Waals surface area contributed by atoms with Crippen molar-refractivity contribution < 1.29 is 14.6 Å². The van der Waals surface area contributed by atoms with Crippen LogP contribution in [0, 0.1) is 5.41 Å². The summed E-state index contributed by atoms with van der Waals surface area (Å²) in [4.78, 5) is 0. The van der Waals surface area contributed by atoms with E-state index in [1.165, 1.54) is 0 Å². The number of fused-ring (bicyclic) bond motifs is 1. The van der Waals surface area contributed by atoms with Gasteiger partial charge in [0, 0.05) is 24.8 Å². The Morgan fingerprint density at radius 2 is 2.00 bits per heavy atom. The molecule has 1 aliphatic rings. The first-order valence-electron chi connectivity index (χ1n) is 7.24. The minimum Gasteiger partial charge on any atom is -0.486 e. The Labute approximate surface area is 121 Å². The van der Waals surface area contributed by atoms with E-state index in [4.69, 9.17) is 9.47 Å². The minimum atomic E-state index is 0.106. The lowest BCUT2D eigenvalue weighted by molar-refractivity contribution is 0.167.